The van der Waals surface area contributed by atoms with Crippen molar-refractivity contribution >= 4 is 23.3 Å². The fourth-order valence-electron chi connectivity index (χ4n) is 2.34. The molecular weight excluding hydrogens is 318 g/mol. The van der Waals surface area contributed by atoms with Gasteiger partial charge in [0.15, 0.2) is 0 Å². The van der Waals surface area contributed by atoms with E-state index in [1.807, 2.05) is 19.0 Å². The van der Waals surface area contributed by atoms with E-state index in [4.69, 9.17) is 0 Å². The molecule has 6 nitrogen and oxygen atoms in total. The molecular formula is C19H29N3O3. The number of Topliss-reactive ketones (excluding diaryl/α,β-unsaturated/α-hetero) is 1. The van der Waals surface area contributed by atoms with Gasteiger partial charge in [0.05, 0.1) is 11.3 Å². The van der Waals surface area contributed by atoms with Gasteiger partial charge in [-0.25, -0.2) is 0 Å². The summed E-state index contributed by atoms with van der Waals surface area (Å²) in [7, 11) is 3.90. The maximum atomic E-state index is 12.4. The summed E-state index contributed by atoms with van der Waals surface area (Å²) < 4.78 is 0. The maximum absolute atomic E-state index is 12.4. The summed E-state index contributed by atoms with van der Waals surface area (Å²) in [4.78, 5) is 38.4. The molecule has 0 aromatic heterocycles. The van der Waals surface area contributed by atoms with Crippen LogP contribution in [0, 0.1) is 0 Å². The lowest BCUT2D eigenvalue weighted by Crippen LogP contribution is -2.33. The zero-order valence-electron chi connectivity index (χ0n) is 15.4. The van der Waals surface area contributed by atoms with Crippen LogP contribution in [0.15, 0.2) is 24.3 Å². The first-order valence-corrected chi connectivity index (χ1v) is 8.81. The molecule has 2 amide bonds. The molecule has 0 fully saturated rings. The summed E-state index contributed by atoms with van der Waals surface area (Å²) in [5.41, 5.74) is 0.605. The Morgan fingerprint density at radius 3 is 2.44 bits per heavy atom. The van der Waals surface area contributed by atoms with E-state index in [2.05, 4.69) is 17.6 Å². The van der Waals surface area contributed by atoms with Crippen molar-refractivity contribution in [3.05, 3.63) is 29.8 Å². The number of anilines is 1. The van der Waals surface area contributed by atoms with Crippen LogP contribution < -0.4 is 10.6 Å². The van der Waals surface area contributed by atoms with Crippen molar-refractivity contribution in [2.24, 2.45) is 0 Å². The number of ketones is 1. The fraction of sp³-hybridized carbons (Fsp3) is 0.526. The van der Waals surface area contributed by atoms with Gasteiger partial charge in [0.1, 0.15) is 0 Å². The van der Waals surface area contributed by atoms with Crippen molar-refractivity contribution in [3.63, 3.8) is 0 Å². The van der Waals surface area contributed by atoms with E-state index in [1.54, 1.807) is 24.3 Å². The summed E-state index contributed by atoms with van der Waals surface area (Å²) >= 11 is 0. The predicted octanol–water partition coefficient (Wildman–Crippen LogP) is 2.46. The molecule has 0 heterocycles. The van der Waals surface area contributed by atoms with Crippen LogP contribution in [0.25, 0.3) is 0 Å². The molecule has 1 rings (SSSR count). The number of carbonyl (C=O) groups is 3. The van der Waals surface area contributed by atoms with Gasteiger partial charge in [-0.15, -0.1) is 0 Å². The van der Waals surface area contributed by atoms with Gasteiger partial charge in [-0.1, -0.05) is 31.9 Å². The lowest BCUT2D eigenvalue weighted by molar-refractivity contribution is -0.117. The standard InChI is InChI=1S/C19H29N3O3/c1-4-5-6-12-17(23)21-16-11-8-7-10-15(16)18(24)19(25)20-13-9-14-22(2)3/h7-8,10-11H,4-6,9,12-14H2,1-3H3,(H,20,25)(H,21,23). The zero-order valence-corrected chi connectivity index (χ0v) is 15.4. The number of carbonyl (C=O) groups excluding carboxylic acids is 3. The zero-order chi connectivity index (χ0) is 18.7. The second-order valence-corrected chi connectivity index (χ2v) is 6.29. The van der Waals surface area contributed by atoms with E-state index in [0.29, 0.717) is 18.7 Å². The Kier molecular flexibility index (Phi) is 9.47. The number of amides is 2. The first kappa shape index (κ1) is 20.8. The number of para-hydroxylation sites is 1. The van der Waals surface area contributed by atoms with E-state index in [1.165, 1.54) is 0 Å². The average Bonchev–Trinajstić information content (AvgIpc) is 2.58. The molecule has 0 unspecified atom stereocenters. The molecule has 0 bridgehead atoms. The number of hydrogen-bond acceptors (Lipinski definition) is 4. The van der Waals surface area contributed by atoms with Gasteiger partial charge >= 0.3 is 0 Å². The number of unbranched alkanes of at least 4 members (excludes halogenated alkanes) is 2. The molecule has 1 aromatic carbocycles. The van der Waals surface area contributed by atoms with Gasteiger partial charge < -0.3 is 15.5 Å². The van der Waals surface area contributed by atoms with Gasteiger partial charge in [0.25, 0.3) is 11.7 Å². The van der Waals surface area contributed by atoms with E-state index < -0.39 is 11.7 Å². The van der Waals surface area contributed by atoms with E-state index in [0.717, 1.165) is 32.2 Å². The molecule has 0 saturated heterocycles. The Balaban J connectivity index is 2.63. The van der Waals surface area contributed by atoms with Crippen LogP contribution >= 0.6 is 0 Å². The van der Waals surface area contributed by atoms with Crippen molar-refractivity contribution in [2.75, 3.05) is 32.5 Å². The summed E-state index contributed by atoms with van der Waals surface area (Å²) in [6, 6.07) is 6.61. The number of nitrogens with zero attached hydrogens (tertiary/aromatic N) is 1. The molecule has 0 atom stereocenters. The smallest absolute Gasteiger partial charge is 0.292 e. The minimum absolute atomic E-state index is 0.139. The molecule has 0 spiro atoms. The Bertz CT molecular complexity index is 585. The van der Waals surface area contributed by atoms with Crippen LogP contribution in [0.3, 0.4) is 0 Å². The highest BCUT2D eigenvalue weighted by molar-refractivity contribution is 6.44. The van der Waals surface area contributed by atoms with Gasteiger partial charge in [0, 0.05) is 13.0 Å². The minimum Gasteiger partial charge on any atom is -0.349 e. The van der Waals surface area contributed by atoms with Gasteiger partial charge in [-0.05, 0) is 45.6 Å². The first-order chi connectivity index (χ1) is 12.0. The number of nitrogens with one attached hydrogen (secondary N) is 2. The SMILES string of the molecule is CCCCCC(=O)Nc1ccccc1C(=O)C(=O)NCCCN(C)C. The first-order valence-electron chi connectivity index (χ1n) is 8.81. The third-order valence-corrected chi connectivity index (χ3v) is 3.73. The molecule has 0 saturated carbocycles. The van der Waals surface area contributed by atoms with Crippen molar-refractivity contribution < 1.29 is 14.4 Å². The fourth-order valence-corrected chi connectivity index (χ4v) is 2.34. The molecule has 0 aliphatic rings. The third-order valence-electron chi connectivity index (χ3n) is 3.73. The molecule has 0 aliphatic carbocycles. The van der Waals surface area contributed by atoms with Crippen LogP contribution in [-0.2, 0) is 9.59 Å². The largest absolute Gasteiger partial charge is 0.349 e. The second-order valence-electron chi connectivity index (χ2n) is 6.29. The van der Waals surface area contributed by atoms with Crippen molar-refractivity contribution in [1.29, 1.82) is 0 Å². The molecule has 6 heteroatoms. The molecule has 2 N–H and O–H groups in total. The minimum atomic E-state index is -0.647. The topological polar surface area (TPSA) is 78.5 Å². The van der Waals surface area contributed by atoms with Gasteiger partial charge in [-0.2, -0.15) is 0 Å². The van der Waals surface area contributed by atoms with Crippen LogP contribution in [0.4, 0.5) is 5.69 Å². The van der Waals surface area contributed by atoms with E-state index >= 15 is 0 Å². The van der Waals surface area contributed by atoms with E-state index in [9.17, 15) is 14.4 Å². The Hall–Kier alpha value is -2.21. The summed E-state index contributed by atoms with van der Waals surface area (Å²) in [5.74, 6) is -1.42. The average molecular weight is 347 g/mol. The second kappa shape index (κ2) is 11.4. The predicted molar refractivity (Wildman–Crippen MR) is 99.7 cm³/mol. The number of hydrogen-bond donors (Lipinski definition) is 2. The Morgan fingerprint density at radius 1 is 1.04 bits per heavy atom. The van der Waals surface area contributed by atoms with Crippen LogP contribution in [-0.4, -0.2) is 49.7 Å². The van der Waals surface area contributed by atoms with E-state index in [-0.39, 0.29) is 11.5 Å². The molecule has 25 heavy (non-hydrogen) atoms. The molecule has 0 aliphatic heterocycles. The van der Waals surface area contributed by atoms with Crippen LogP contribution in [0.5, 0.6) is 0 Å². The highest BCUT2D eigenvalue weighted by atomic mass is 16.2. The molecule has 138 valence electrons. The van der Waals surface area contributed by atoms with Crippen molar-refractivity contribution in [2.45, 2.75) is 39.0 Å². The van der Waals surface area contributed by atoms with Crippen LogP contribution in [0.1, 0.15) is 49.4 Å². The maximum Gasteiger partial charge on any atom is 0.292 e. The van der Waals surface area contributed by atoms with Crippen molar-refractivity contribution in [3.8, 4) is 0 Å². The summed E-state index contributed by atoms with van der Waals surface area (Å²) in [6.45, 7) is 3.34. The highest BCUT2D eigenvalue weighted by Crippen LogP contribution is 2.16. The number of benzene rings is 1. The summed E-state index contributed by atoms with van der Waals surface area (Å²) in [6.07, 6.45) is 4.01. The monoisotopic (exact) mass is 347 g/mol. The van der Waals surface area contributed by atoms with Crippen LogP contribution in [0.2, 0.25) is 0 Å². The lowest BCUT2D eigenvalue weighted by Gasteiger charge is -2.11. The molecule has 0 radical (unpaired) electrons. The lowest BCUT2D eigenvalue weighted by atomic mass is 10.1. The third kappa shape index (κ3) is 7.94. The highest BCUT2D eigenvalue weighted by Gasteiger charge is 2.19. The molecule has 1 aromatic rings. The van der Waals surface area contributed by atoms with Gasteiger partial charge in [0.2, 0.25) is 5.91 Å². The van der Waals surface area contributed by atoms with Gasteiger partial charge in [-0.3, -0.25) is 14.4 Å². The normalized spacial score (nSPS) is 10.6. The quantitative estimate of drug-likeness (QED) is 0.366. The number of rotatable bonds is 11. The Morgan fingerprint density at radius 2 is 1.76 bits per heavy atom. The van der Waals surface area contributed by atoms with Crippen molar-refractivity contribution in [1.82, 2.24) is 10.2 Å². The summed E-state index contributed by atoms with van der Waals surface area (Å²) in [5, 5.41) is 5.37. The Labute approximate surface area is 150 Å².